The summed E-state index contributed by atoms with van der Waals surface area (Å²) in [5, 5.41) is 18.6. The fourth-order valence-corrected chi connectivity index (χ4v) is 3.41. The van der Waals surface area contributed by atoms with Crippen LogP contribution in [0, 0.1) is 0 Å². The van der Waals surface area contributed by atoms with Crippen LogP contribution in [0.1, 0.15) is 46.5 Å². The van der Waals surface area contributed by atoms with Crippen molar-refractivity contribution in [3.05, 3.63) is 0 Å². The van der Waals surface area contributed by atoms with Crippen molar-refractivity contribution in [1.29, 1.82) is 0 Å². The standard InChI is InChI=1S/C16H28N2O5/c1-15(2,3)23-14(22)17-10-16(11-17,9-13(20)21)18(7-8-19)12-5-4-6-12/h12,19H,4-11H2,1-3H3,(H,20,21). The lowest BCUT2D eigenvalue weighted by Gasteiger charge is -2.58. The number of nitrogens with zero attached hydrogens (tertiary/aromatic N) is 2. The van der Waals surface area contributed by atoms with Crippen molar-refractivity contribution in [2.45, 2.75) is 63.6 Å². The van der Waals surface area contributed by atoms with E-state index in [0.717, 1.165) is 19.3 Å². The van der Waals surface area contributed by atoms with Crippen LogP contribution in [-0.4, -0.2) is 75.5 Å². The first-order valence-corrected chi connectivity index (χ1v) is 8.24. The summed E-state index contributed by atoms with van der Waals surface area (Å²) in [6.45, 7) is 6.53. The van der Waals surface area contributed by atoms with Crippen molar-refractivity contribution < 1.29 is 24.5 Å². The lowest BCUT2D eigenvalue weighted by molar-refractivity contribution is -0.150. The van der Waals surface area contributed by atoms with Crippen molar-refractivity contribution in [2.24, 2.45) is 0 Å². The molecule has 2 aliphatic rings. The summed E-state index contributed by atoms with van der Waals surface area (Å²) in [4.78, 5) is 27.1. The van der Waals surface area contributed by atoms with Gasteiger partial charge in [0.1, 0.15) is 5.60 Å². The number of carbonyl (C=O) groups excluding carboxylic acids is 1. The Kier molecular flexibility index (Phi) is 5.20. The Morgan fingerprint density at radius 1 is 1.30 bits per heavy atom. The molecular formula is C16H28N2O5. The molecule has 0 bridgehead atoms. The van der Waals surface area contributed by atoms with Crippen LogP contribution in [0.15, 0.2) is 0 Å². The minimum atomic E-state index is -0.879. The number of aliphatic hydroxyl groups excluding tert-OH is 1. The summed E-state index contributed by atoms with van der Waals surface area (Å²) in [6, 6.07) is 0.308. The Morgan fingerprint density at radius 2 is 1.91 bits per heavy atom. The second-order valence-electron chi connectivity index (χ2n) is 7.63. The molecule has 0 aromatic carbocycles. The topological polar surface area (TPSA) is 90.3 Å². The second-order valence-corrected chi connectivity index (χ2v) is 7.63. The summed E-state index contributed by atoms with van der Waals surface area (Å²) in [7, 11) is 0. The predicted molar refractivity (Wildman–Crippen MR) is 84.2 cm³/mol. The predicted octanol–water partition coefficient (Wildman–Crippen LogP) is 1.30. The smallest absolute Gasteiger partial charge is 0.410 e. The van der Waals surface area contributed by atoms with E-state index in [2.05, 4.69) is 4.90 Å². The fourth-order valence-electron chi connectivity index (χ4n) is 3.41. The molecule has 2 rings (SSSR count). The van der Waals surface area contributed by atoms with E-state index in [1.54, 1.807) is 4.90 Å². The maximum atomic E-state index is 12.1. The molecule has 0 radical (unpaired) electrons. The first-order valence-electron chi connectivity index (χ1n) is 8.24. The summed E-state index contributed by atoms with van der Waals surface area (Å²) < 4.78 is 5.35. The lowest BCUT2D eigenvalue weighted by Crippen LogP contribution is -2.74. The molecule has 0 aromatic rings. The molecule has 0 aromatic heterocycles. The Morgan fingerprint density at radius 3 is 2.30 bits per heavy atom. The Bertz CT molecular complexity index is 450. The van der Waals surface area contributed by atoms with E-state index in [1.165, 1.54) is 0 Å². The SMILES string of the molecule is CC(C)(C)OC(=O)N1CC(CC(=O)O)(N(CCO)C2CCC2)C1. The van der Waals surface area contributed by atoms with E-state index < -0.39 is 23.2 Å². The van der Waals surface area contributed by atoms with E-state index in [1.807, 2.05) is 20.8 Å². The van der Waals surface area contributed by atoms with Crippen molar-refractivity contribution in [1.82, 2.24) is 9.80 Å². The highest BCUT2D eigenvalue weighted by atomic mass is 16.6. The van der Waals surface area contributed by atoms with Gasteiger partial charge in [-0.25, -0.2) is 4.79 Å². The van der Waals surface area contributed by atoms with E-state index >= 15 is 0 Å². The molecule has 0 unspecified atom stereocenters. The Hall–Kier alpha value is -1.34. The maximum absolute atomic E-state index is 12.1. The van der Waals surface area contributed by atoms with Crippen LogP contribution in [0.4, 0.5) is 4.79 Å². The zero-order chi connectivity index (χ0) is 17.3. The van der Waals surface area contributed by atoms with E-state index in [9.17, 15) is 19.8 Å². The van der Waals surface area contributed by atoms with Gasteiger partial charge in [0.25, 0.3) is 0 Å². The molecule has 1 saturated carbocycles. The van der Waals surface area contributed by atoms with Gasteiger partial charge in [-0.3, -0.25) is 9.69 Å². The average Bonchev–Trinajstić information content (AvgIpc) is 2.27. The number of carboxylic acids is 1. The first kappa shape index (κ1) is 18.0. The molecule has 1 aliphatic heterocycles. The van der Waals surface area contributed by atoms with Gasteiger partial charge in [0.2, 0.25) is 0 Å². The number of likely N-dealkylation sites (tertiary alicyclic amines) is 1. The number of carbonyl (C=O) groups is 2. The highest BCUT2D eigenvalue weighted by Crippen LogP contribution is 2.38. The molecule has 1 heterocycles. The molecule has 1 aliphatic carbocycles. The number of aliphatic hydroxyl groups is 1. The average molecular weight is 328 g/mol. The van der Waals surface area contributed by atoms with Gasteiger partial charge in [-0.2, -0.15) is 0 Å². The van der Waals surface area contributed by atoms with Crippen LogP contribution in [0.5, 0.6) is 0 Å². The molecular weight excluding hydrogens is 300 g/mol. The summed E-state index contributed by atoms with van der Waals surface area (Å²) >= 11 is 0. The molecule has 1 amide bonds. The zero-order valence-electron chi connectivity index (χ0n) is 14.2. The van der Waals surface area contributed by atoms with Crippen molar-refractivity contribution in [2.75, 3.05) is 26.2 Å². The van der Waals surface area contributed by atoms with Gasteiger partial charge in [-0.15, -0.1) is 0 Å². The normalized spacial score (nSPS) is 20.8. The van der Waals surface area contributed by atoms with Gasteiger partial charge < -0.3 is 19.8 Å². The molecule has 0 spiro atoms. The molecule has 7 heteroatoms. The third-order valence-electron chi connectivity index (χ3n) is 4.57. The highest BCUT2D eigenvalue weighted by molar-refractivity contribution is 5.73. The van der Waals surface area contributed by atoms with Crippen molar-refractivity contribution in [3.8, 4) is 0 Å². The van der Waals surface area contributed by atoms with Crippen LogP contribution < -0.4 is 0 Å². The Balaban J connectivity index is 2.07. The molecule has 23 heavy (non-hydrogen) atoms. The molecule has 0 atom stereocenters. The largest absolute Gasteiger partial charge is 0.481 e. The third kappa shape index (κ3) is 4.14. The number of β-amino-alcohol motifs (C(OH)–C–C–N with tert-alkyl or cyclic N) is 1. The van der Waals surface area contributed by atoms with Gasteiger partial charge in [0.15, 0.2) is 0 Å². The monoisotopic (exact) mass is 328 g/mol. The number of ether oxygens (including phenoxy) is 1. The van der Waals surface area contributed by atoms with Crippen LogP contribution >= 0.6 is 0 Å². The quantitative estimate of drug-likeness (QED) is 0.764. The number of aliphatic carboxylic acids is 1. The van der Waals surface area contributed by atoms with Crippen molar-refractivity contribution >= 4 is 12.1 Å². The van der Waals surface area contributed by atoms with Gasteiger partial charge >= 0.3 is 12.1 Å². The van der Waals surface area contributed by atoms with E-state index in [-0.39, 0.29) is 13.0 Å². The van der Waals surface area contributed by atoms with Crippen molar-refractivity contribution in [3.63, 3.8) is 0 Å². The number of carboxylic acid groups (broad SMARTS) is 1. The number of rotatable bonds is 6. The van der Waals surface area contributed by atoms with Gasteiger partial charge in [-0.1, -0.05) is 6.42 Å². The van der Waals surface area contributed by atoms with Crippen LogP contribution in [-0.2, 0) is 9.53 Å². The minimum absolute atomic E-state index is 0.00962. The lowest BCUT2D eigenvalue weighted by atomic mass is 9.79. The maximum Gasteiger partial charge on any atom is 0.410 e. The summed E-state index contributed by atoms with van der Waals surface area (Å²) in [6.07, 6.45) is 2.74. The fraction of sp³-hybridized carbons (Fsp3) is 0.875. The molecule has 2 fully saturated rings. The zero-order valence-corrected chi connectivity index (χ0v) is 14.2. The summed E-state index contributed by atoms with van der Waals surface area (Å²) in [5.74, 6) is -0.879. The minimum Gasteiger partial charge on any atom is -0.481 e. The third-order valence-corrected chi connectivity index (χ3v) is 4.57. The summed E-state index contributed by atoms with van der Waals surface area (Å²) in [5.41, 5.74) is -1.16. The second kappa shape index (κ2) is 6.65. The van der Waals surface area contributed by atoms with E-state index in [4.69, 9.17) is 4.74 Å². The van der Waals surface area contributed by atoms with Crippen LogP contribution in [0.3, 0.4) is 0 Å². The van der Waals surface area contributed by atoms with Gasteiger partial charge in [0.05, 0.1) is 18.6 Å². The number of amides is 1. The molecule has 2 N–H and O–H groups in total. The van der Waals surface area contributed by atoms with Crippen LogP contribution in [0.2, 0.25) is 0 Å². The Labute approximate surface area is 137 Å². The molecule has 7 nitrogen and oxygen atoms in total. The molecule has 132 valence electrons. The van der Waals surface area contributed by atoms with Crippen LogP contribution in [0.25, 0.3) is 0 Å². The molecule has 1 saturated heterocycles. The number of hydrogen-bond donors (Lipinski definition) is 2. The first-order chi connectivity index (χ1) is 10.7. The van der Waals surface area contributed by atoms with Gasteiger partial charge in [-0.05, 0) is 33.6 Å². The van der Waals surface area contributed by atoms with E-state index in [0.29, 0.717) is 25.7 Å². The van der Waals surface area contributed by atoms with Gasteiger partial charge in [0, 0.05) is 25.7 Å². The highest BCUT2D eigenvalue weighted by Gasteiger charge is 2.53. The number of hydrogen-bond acceptors (Lipinski definition) is 5.